The van der Waals surface area contributed by atoms with Crippen molar-refractivity contribution in [2.75, 3.05) is 26.8 Å². The number of carbonyl (C=O) groups excluding carboxylic acids is 4. The first kappa shape index (κ1) is 35.5. The number of carbonyl (C=O) groups is 4. The van der Waals surface area contributed by atoms with Crippen LogP contribution in [-0.2, 0) is 25.7 Å². The fourth-order valence-electron chi connectivity index (χ4n) is 7.25. The van der Waals surface area contributed by atoms with E-state index < -0.39 is 11.7 Å². The lowest BCUT2D eigenvalue weighted by Gasteiger charge is -2.54. The highest BCUT2D eigenvalue weighted by molar-refractivity contribution is 9.10. The number of nitrogens with one attached hydrogen (secondary N) is 3. The molecular weight excluding hydrogens is 678 g/mol. The first-order valence-corrected chi connectivity index (χ1v) is 17.3. The summed E-state index contributed by atoms with van der Waals surface area (Å²) in [5, 5.41) is 17.1. The zero-order valence-corrected chi connectivity index (χ0v) is 29.2. The molecule has 0 spiro atoms. The Morgan fingerprint density at radius 3 is 2.54 bits per heavy atom. The first-order chi connectivity index (χ1) is 23.0. The molecule has 10 nitrogen and oxygen atoms in total. The molecule has 0 bridgehead atoms. The SMILES string of the molecule is COC12C=CC(=O)C3C=C(CCCC(=O)NCC(=O)NCCO)C(CC(C)C)C(c4cc(C(=O)NCc5ccc(Br)cc5)ccc4O1)C32. The van der Waals surface area contributed by atoms with Crippen molar-refractivity contribution in [2.24, 2.45) is 23.7 Å². The highest BCUT2D eigenvalue weighted by atomic mass is 79.9. The van der Waals surface area contributed by atoms with E-state index in [9.17, 15) is 19.2 Å². The number of rotatable bonds is 14. The number of benzene rings is 2. The van der Waals surface area contributed by atoms with Gasteiger partial charge in [-0.2, -0.15) is 0 Å². The molecule has 1 aliphatic heterocycles. The fraction of sp³-hybridized carbons (Fsp3) is 0.459. The molecule has 2 aromatic carbocycles. The number of hydrogen-bond acceptors (Lipinski definition) is 7. The van der Waals surface area contributed by atoms with Gasteiger partial charge >= 0.3 is 0 Å². The third-order valence-corrected chi connectivity index (χ3v) is 9.94. The summed E-state index contributed by atoms with van der Waals surface area (Å²) < 4.78 is 13.6. The molecule has 5 unspecified atom stereocenters. The number of halogens is 1. The van der Waals surface area contributed by atoms with Gasteiger partial charge in [0, 0.05) is 48.5 Å². The van der Waals surface area contributed by atoms with Crippen molar-refractivity contribution >= 4 is 39.4 Å². The predicted molar refractivity (Wildman–Crippen MR) is 184 cm³/mol. The van der Waals surface area contributed by atoms with Crippen molar-refractivity contribution < 1.29 is 33.8 Å². The minimum absolute atomic E-state index is 0.0103. The summed E-state index contributed by atoms with van der Waals surface area (Å²) in [6, 6.07) is 13.3. The van der Waals surface area contributed by atoms with Crippen molar-refractivity contribution in [3.63, 3.8) is 0 Å². The molecule has 48 heavy (non-hydrogen) atoms. The van der Waals surface area contributed by atoms with Crippen LogP contribution in [0.5, 0.6) is 5.75 Å². The maximum atomic E-state index is 13.5. The average Bonchev–Trinajstić information content (AvgIpc) is 3.08. The molecule has 3 aliphatic rings. The molecule has 2 aliphatic carbocycles. The Morgan fingerprint density at radius 1 is 1.06 bits per heavy atom. The van der Waals surface area contributed by atoms with Crippen molar-refractivity contribution in [1.29, 1.82) is 0 Å². The fourth-order valence-corrected chi connectivity index (χ4v) is 7.52. The zero-order chi connectivity index (χ0) is 34.4. The Kier molecular flexibility index (Phi) is 11.5. The van der Waals surface area contributed by atoms with E-state index in [4.69, 9.17) is 14.6 Å². The second-order valence-corrected chi connectivity index (χ2v) is 14.0. The van der Waals surface area contributed by atoms with Crippen molar-refractivity contribution in [3.05, 3.63) is 87.4 Å². The van der Waals surface area contributed by atoms with Crippen LogP contribution in [0.1, 0.15) is 66.9 Å². The van der Waals surface area contributed by atoms with Crippen LogP contribution in [-0.4, -0.2) is 61.2 Å². The Labute approximate surface area is 289 Å². The van der Waals surface area contributed by atoms with Gasteiger partial charge in [-0.05, 0) is 84.7 Å². The highest BCUT2D eigenvalue weighted by Gasteiger charge is 2.59. The summed E-state index contributed by atoms with van der Waals surface area (Å²) in [6.07, 6.45) is 7.53. The van der Waals surface area contributed by atoms with Gasteiger partial charge in [-0.3, -0.25) is 19.2 Å². The van der Waals surface area contributed by atoms with Crippen molar-refractivity contribution in [1.82, 2.24) is 16.0 Å². The minimum atomic E-state index is -1.14. The lowest BCUT2D eigenvalue weighted by Crippen LogP contribution is -2.58. The monoisotopic (exact) mass is 721 g/mol. The molecule has 11 heteroatoms. The molecule has 5 rings (SSSR count). The topological polar surface area (TPSA) is 143 Å². The van der Waals surface area contributed by atoms with Crippen LogP contribution in [0.15, 0.2) is 70.7 Å². The Hall–Kier alpha value is -3.80. The van der Waals surface area contributed by atoms with Crippen LogP contribution in [0.4, 0.5) is 0 Å². The molecule has 256 valence electrons. The van der Waals surface area contributed by atoms with Gasteiger partial charge in [0.15, 0.2) is 5.78 Å². The van der Waals surface area contributed by atoms with Crippen LogP contribution >= 0.6 is 15.9 Å². The van der Waals surface area contributed by atoms with Crippen molar-refractivity contribution in [2.45, 2.75) is 57.8 Å². The van der Waals surface area contributed by atoms with E-state index in [1.54, 1.807) is 25.3 Å². The van der Waals surface area contributed by atoms with Crippen molar-refractivity contribution in [3.8, 4) is 5.75 Å². The van der Waals surface area contributed by atoms with Gasteiger partial charge in [0.2, 0.25) is 17.6 Å². The summed E-state index contributed by atoms with van der Waals surface area (Å²) >= 11 is 3.44. The second kappa shape index (κ2) is 15.6. The lowest BCUT2D eigenvalue weighted by molar-refractivity contribution is -0.198. The van der Waals surface area contributed by atoms with Crippen LogP contribution in [0.25, 0.3) is 0 Å². The minimum Gasteiger partial charge on any atom is -0.458 e. The predicted octanol–water partition coefficient (Wildman–Crippen LogP) is 4.57. The van der Waals surface area contributed by atoms with Crippen LogP contribution in [0.2, 0.25) is 0 Å². The van der Waals surface area contributed by atoms with Gasteiger partial charge in [-0.1, -0.05) is 53.6 Å². The molecule has 3 amide bonds. The van der Waals surface area contributed by atoms with Gasteiger partial charge < -0.3 is 30.5 Å². The number of aliphatic hydroxyl groups excluding tert-OH is 1. The molecule has 0 aromatic heterocycles. The van der Waals surface area contributed by atoms with Gasteiger partial charge in [0.1, 0.15) is 5.75 Å². The molecule has 0 fully saturated rings. The maximum absolute atomic E-state index is 13.5. The lowest BCUT2D eigenvalue weighted by atomic mass is 9.56. The first-order valence-electron chi connectivity index (χ1n) is 16.5. The number of aliphatic hydroxyl groups is 1. The van der Waals surface area contributed by atoms with E-state index in [2.05, 4.69) is 51.8 Å². The van der Waals surface area contributed by atoms with Gasteiger partial charge in [-0.15, -0.1) is 0 Å². The maximum Gasteiger partial charge on any atom is 0.251 e. The Bertz CT molecular complexity index is 1590. The van der Waals surface area contributed by atoms with E-state index in [0.29, 0.717) is 36.6 Å². The Morgan fingerprint density at radius 2 is 1.83 bits per heavy atom. The number of methoxy groups -OCH3 is 1. The number of ketones is 1. The Balaban J connectivity index is 1.42. The summed E-state index contributed by atoms with van der Waals surface area (Å²) in [4.78, 5) is 51.4. The normalized spacial score (nSPS) is 23.8. The van der Waals surface area contributed by atoms with Crippen LogP contribution in [0, 0.1) is 23.7 Å². The number of ether oxygens (including phenoxy) is 2. The van der Waals surface area contributed by atoms with Gasteiger partial charge in [-0.25, -0.2) is 0 Å². The van der Waals surface area contributed by atoms with Crippen LogP contribution in [0.3, 0.4) is 0 Å². The molecular formula is C37H44BrN3O7. The average molecular weight is 723 g/mol. The van der Waals surface area contributed by atoms with Gasteiger partial charge in [0.05, 0.1) is 19.1 Å². The number of fused-ring (bicyclic) bond motifs is 2. The number of amides is 3. The molecule has 0 radical (unpaired) electrons. The van der Waals surface area contributed by atoms with Crippen LogP contribution < -0.4 is 20.7 Å². The largest absolute Gasteiger partial charge is 0.458 e. The standard InChI is InChI=1S/C37H44BrN3O7/c1-22(2)17-27-24(5-4-6-32(44)40-21-33(45)39-15-16-42)18-28-30(43)13-14-37(47-3)35(28)34(27)29-19-25(9-12-31(29)48-37)36(46)41-20-23-7-10-26(38)11-8-23/h7-14,18-19,22,27-28,34-35,42H,4-6,15-17,20-21H2,1-3H3,(H,39,45)(H,40,44)(H,41,46). The smallest absolute Gasteiger partial charge is 0.251 e. The summed E-state index contributed by atoms with van der Waals surface area (Å²) in [7, 11) is 1.60. The number of allylic oxidation sites excluding steroid dienone is 3. The molecule has 5 atom stereocenters. The van der Waals surface area contributed by atoms with Gasteiger partial charge in [0.25, 0.3) is 5.91 Å². The van der Waals surface area contributed by atoms with E-state index >= 15 is 0 Å². The molecule has 0 saturated carbocycles. The number of hydrogen-bond donors (Lipinski definition) is 4. The zero-order valence-electron chi connectivity index (χ0n) is 27.6. The summed E-state index contributed by atoms with van der Waals surface area (Å²) in [5.74, 6) is -2.05. The second-order valence-electron chi connectivity index (χ2n) is 13.1. The summed E-state index contributed by atoms with van der Waals surface area (Å²) in [5.41, 5.74) is 3.47. The van der Waals surface area contributed by atoms with E-state index in [1.165, 1.54) is 0 Å². The molecule has 1 heterocycles. The molecule has 0 saturated heterocycles. The summed E-state index contributed by atoms with van der Waals surface area (Å²) in [6.45, 7) is 4.52. The van der Waals surface area contributed by atoms with E-state index in [0.717, 1.165) is 27.6 Å². The molecule has 4 N–H and O–H groups in total. The third-order valence-electron chi connectivity index (χ3n) is 9.41. The van der Waals surface area contributed by atoms with E-state index in [-0.39, 0.29) is 67.4 Å². The quantitative estimate of drug-likeness (QED) is 0.210. The third kappa shape index (κ3) is 7.90. The highest BCUT2D eigenvalue weighted by Crippen LogP contribution is 2.59. The molecule has 2 aromatic rings. The van der Waals surface area contributed by atoms with E-state index in [1.807, 2.05) is 36.4 Å².